The van der Waals surface area contributed by atoms with Crippen molar-refractivity contribution in [2.24, 2.45) is 0 Å². The van der Waals surface area contributed by atoms with Gasteiger partial charge in [0.2, 0.25) is 0 Å². The summed E-state index contributed by atoms with van der Waals surface area (Å²) in [6.45, 7) is 7.41. The summed E-state index contributed by atoms with van der Waals surface area (Å²) >= 11 is 0.198. The molecule has 0 spiro atoms. The van der Waals surface area contributed by atoms with E-state index in [1.807, 2.05) is 45.9 Å². The minimum atomic E-state index is -0.553. The Balaban J connectivity index is 2.45. The molecule has 4 nitrogen and oxygen atoms in total. The van der Waals surface area contributed by atoms with Gasteiger partial charge >= 0.3 is 133 Å². The average molecular weight is 358 g/mol. The predicted molar refractivity (Wildman–Crippen MR) is 86.1 cm³/mol. The van der Waals surface area contributed by atoms with Crippen LogP contribution in [0.1, 0.15) is 34.1 Å². The molecule has 0 bridgehead atoms. The van der Waals surface area contributed by atoms with Gasteiger partial charge < -0.3 is 0 Å². The van der Waals surface area contributed by atoms with Crippen LogP contribution in [0.25, 0.3) is 0 Å². The number of hydrogen-bond donors (Lipinski definition) is 2. The summed E-state index contributed by atoms with van der Waals surface area (Å²) in [7, 11) is 0. The zero-order valence-corrected chi connectivity index (χ0v) is 14.8. The number of aliphatic hydroxyl groups excluding tert-OH is 1. The third kappa shape index (κ3) is 7.51. The van der Waals surface area contributed by atoms with Crippen molar-refractivity contribution in [3.63, 3.8) is 0 Å². The second kappa shape index (κ2) is 8.42. The summed E-state index contributed by atoms with van der Waals surface area (Å²) in [5.41, 5.74) is -0.526. The van der Waals surface area contributed by atoms with Gasteiger partial charge in [0.25, 0.3) is 0 Å². The third-order valence-corrected chi connectivity index (χ3v) is 5.11. The number of benzene rings is 1. The van der Waals surface area contributed by atoms with Gasteiger partial charge in [-0.05, 0) is 0 Å². The zero-order valence-electron chi connectivity index (χ0n) is 13.1. The zero-order chi connectivity index (χ0) is 15.9. The molecule has 0 heterocycles. The van der Waals surface area contributed by atoms with Crippen molar-refractivity contribution in [1.82, 2.24) is 5.32 Å². The second-order valence-electron chi connectivity index (χ2n) is 5.85. The molecule has 0 fully saturated rings. The van der Waals surface area contributed by atoms with Crippen LogP contribution in [0.5, 0.6) is 0 Å². The maximum atomic E-state index is 11.8. The number of alkyl carbamates (subject to hydrolysis) is 1. The van der Waals surface area contributed by atoms with Gasteiger partial charge in [0.15, 0.2) is 0 Å². The molecule has 2 N–H and O–H groups in total. The van der Waals surface area contributed by atoms with Crippen LogP contribution in [-0.4, -0.2) is 43.9 Å². The van der Waals surface area contributed by atoms with Gasteiger partial charge in [-0.25, -0.2) is 0 Å². The van der Waals surface area contributed by atoms with Crippen LogP contribution >= 0.6 is 0 Å². The van der Waals surface area contributed by atoms with E-state index < -0.39 is 17.8 Å². The van der Waals surface area contributed by atoms with E-state index in [4.69, 9.17) is 4.74 Å². The first-order valence-corrected chi connectivity index (χ1v) is 9.24. The number of carbonyl (C=O) groups is 1. The molecule has 2 atom stereocenters. The van der Waals surface area contributed by atoms with Gasteiger partial charge in [-0.2, -0.15) is 0 Å². The van der Waals surface area contributed by atoms with E-state index in [0.717, 1.165) is 0 Å². The number of rotatable bonds is 6. The van der Waals surface area contributed by atoms with Gasteiger partial charge in [0.05, 0.1) is 0 Å². The second-order valence-corrected chi connectivity index (χ2v) is 8.15. The number of ether oxygens (including phenoxy) is 1. The summed E-state index contributed by atoms with van der Waals surface area (Å²) in [6.07, 6.45) is -0.353. The Morgan fingerprint density at radius 2 is 1.95 bits per heavy atom. The molecule has 0 aliphatic carbocycles. The first kappa shape index (κ1) is 18.0. The van der Waals surface area contributed by atoms with Crippen LogP contribution in [0.3, 0.4) is 0 Å². The van der Waals surface area contributed by atoms with Crippen LogP contribution in [0.15, 0.2) is 30.3 Å². The maximum absolute atomic E-state index is 11.8. The molecule has 0 saturated heterocycles. The van der Waals surface area contributed by atoms with Crippen LogP contribution in [0, 0.1) is 0 Å². The molecule has 0 radical (unpaired) electrons. The van der Waals surface area contributed by atoms with Crippen molar-refractivity contribution in [3.8, 4) is 0 Å². The third-order valence-electron chi connectivity index (χ3n) is 2.77. The first-order chi connectivity index (χ1) is 9.81. The van der Waals surface area contributed by atoms with E-state index in [-0.39, 0.29) is 21.0 Å². The molecule has 0 saturated carbocycles. The van der Waals surface area contributed by atoms with Crippen molar-refractivity contribution in [2.45, 2.75) is 57.2 Å². The Bertz CT molecular complexity index is 431. The summed E-state index contributed by atoms with van der Waals surface area (Å²) in [6, 6.07) is 9.84. The van der Waals surface area contributed by atoms with E-state index in [1.54, 1.807) is 0 Å². The Hall–Kier alpha value is -1.03. The molecule has 0 aliphatic rings. The van der Waals surface area contributed by atoms with Crippen LogP contribution in [0.2, 0.25) is 5.32 Å². The van der Waals surface area contributed by atoms with Crippen molar-refractivity contribution in [1.29, 1.82) is 0 Å². The van der Waals surface area contributed by atoms with Gasteiger partial charge in [-0.3, -0.25) is 0 Å². The summed E-state index contributed by atoms with van der Waals surface area (Å²) < 4.78 is 6.47. The fraction of sp³-hybridized carbons (Fsp3) is 0.562. The van der Waals surface area contributed by atoms with E-state index in [0.29, 0.717) is 11.7 Å². The Morgan fingerprint density at radius 3 is 2.48 bits per heavy atom. The SMILES string of the molecule is CC[C@H](NC(=O)OC(C)(C)C)[C@@H](O)C[Se]c1ccccc1. The van der Waals surface area contributed by atoms with Crippen molar-refractivity contribution < 1.29 is 14.6 Å². The molecule has 0 unspecified atom stereocenters. The Morgan fingerprint density at radius 1 is 1.33 bits per heavy atom. The number of nitrogens with one attached hydrogen (secondary N) is 1. The number of hydrogen-bond acceptors (Lipinski definition) is 3. The van der Waals surface area contributed by atoms with Gasteiger partial charge in [-0.1, -0.05) is 0 Å². The fourth-order valence-corrected chi connectivity index (χ4v) is 3.73. The molecular weight excluding hydrogens is 333 g/mol. The molecular formula is C16H25NO3Se. The molecule has 1 aromatic rings. The first-order valence-electron chi connectivity index (χ1n) is 7.17. The van der Waals surface area contributed by atoms with Gasteiger partial charge in [0.1, 0.15) is 0 Å². The summed E-state index contributed by atoms with van der Waals surface area (Å²) in [5, 5.41) is 13.7. The minimum absolute atomic E-state index is 0.198. The number of aliphatic hydroxyl groups is 1. The normalized spacial score (nSPS) is 14.3. The quantitative estimate of drug-likeness (QED) is 0.766. The number of amides is 1. The monoisotopic (exact) mass is 359 g/mol. The van der Waals surface area contributed by atoms with Crippen LogP contribution in [-0.2, 0) is 4.74 Å². The summed E-state index contributed by atoms with van der Waals surface area (Å²) in [5.74, 6) is 0. The van der Waals surface area contributed by atoms with E-state index in [2.05, 4.69) is 17.4 Å². The van der Waals surface area contributed by atoms with E-state index in [9.17, 15) is 9.90 Å². The molecule has 21 heavy (non-hydrogen) atoms. The predicted octanol–water partition coefficient (Wildman–Crippen LogP) is 2.10. The molecule has 1 rings (SSSR count). The van der Waals surface area contributed by atoms with Crippen molar-refractivity contribution in [2.75, 3.05) is 0 Å². The number of carbonyl (C=O) groups excluding carboxylic acids is 1. The molecule has 5 heteroatoms. The van der Waals surface area contributed by atoms with Crippen LogP contribution in [0.4, 0.5) is 4.79 Å². The van der Waals surface area contributed by atoms with E-state index >= 15 is 0 Å². The summed E-state index contributed by atoms with van der Waals surface area (Å²) in [4.78, 5) is 11.8. The van der Waals surface area contributed by atoms with Crippen LogP contribution < -0.4 is 9.78 Å². The average Bonchev–Trinajstić information content (AvgIpc) is 2.41. The molecule has 118 valence electrons. The Kier molecular flexibility index (Phi) is 7.23. The topological polar surface area (TPSA) is 58.6 Å². The van der Waals surface area contributed by atoms with Crippen molar-refractivity contribution in [3.05, 3.63) is 30.3 Å². The van der Waals surface area contributed by atoms with Gasteiger partial charge in [-0.15, -0.1) is 0 Å². The molecule has 1 amide bonds. The fourth-order valence-electron chi connectivity index (χ4n) is 1.74. The van der Waals surface area contributed by atoms with Crippen molar-refractivity contribution >= 4 is 25.5 Å². The molecule has 1 aromatic carbocycles. The standard InChI is InChI=1S/C16H25NO3Se/c1-5-13(17-15(19)20-16(2,3)4)14(18)11-21-12-9-7-6-8-10-12/h6-10,13-14,18H,5,11H2,1-4H3,(H,17,19)/t13-,14-/m0/s1. The Labute approximate surface area is 133 Å². The van der Waals surface area contributed by atoms with Gasteiger partial charge in [0, 0.05) is 0 Å². The molecule has 0 aliphatic heterocycles. The van der Waals surface area contributed by atoms with E-state index in [1.165, 1.54) is 4.46 Å². The molecule has 0 aromatic heterocycles.